The van der Waals surface area contributed by atoms with Crippen LogP contribution in [0.3, 0.4) is 0 Å². The second-order valence-electron chi connectivity index (χ2n) is 3.20. The summed E-state index contributed by atoms with van der Waals surface area (Å²) in [5.41, 5.74) is 5.12. The van der Waals surface area contributed by atoms with Crippen LogP contribution in [-0.4, -0.2) is 0 Å². The van der Waals surface area contributed by atoms with Crippen LogP contribution < -0.4 is 5.73 Å². The summed E-state index contributed by atoms with van der Waals surface area (Å²) in [6, 6.07) is 4.32. The average molecular weight is 293 g/mol. The lowest BCUT2D eigenvalue weighted by molar-refractivity contribution is -0.137. The molecule has 0 saturated heterocycles. The average Bonchev–Trinajstić information content (AvgIpc) is 2.16. The Kier molecular flexibility index (Phi) is 3.94. The van der Waals surface area contributed by atoms with Gasteiger partial charge in [-0.3, -0.25) is 0 Å². The fourth-order valence-electron chi connectivity index (χ4n) is 1.21. The molecule has 1 aromatic carbocycles. The number of nitrogens with two attached hydrogens (primary N) is 1. The second-order valence-corrected chi connectivity index (χ2v) is 4.06. The molecule has 0 aliphatic heterocycles. The Morgan fingerprint density at radius 3 is 2.56 bits per heavy atom. The van der Waals surface area contributed by atoms with Crippen LogP contribution in [0.4, 0.5) is 13.2 Å². The Morgan fingerprint density at radius 1 is 1.44 bits per heavy atom. The van der Waals surface area contributed by atoms with Crippen molar-refractivity contribution in [2.75, 3.05) is 0 Å². The minimum Gasteiger partial charge on any atom is -0.323 e. The third kappa shape index (κ3) is 2.97. The van der Waals surface area contributed by atoms with Crippen molar-refractivity contribution in [3.05, 3.63) is 33.8 Å². The third-order valence-corrected chi connectivity index (χ3v) is 2.76. The van der Waals surface area contributed by atoms with Crippen molar-refractivity contribution < 1.29 is 13.2 Å². The highest BCUT2D eigenvalue weighted by molar-refractivity contribution is 9.10. The van der Waals surface area contributed by atoms with Gasteiger partial charge in [0.1, 0.15) is 0 Å². The zero-order chi connectivity index (χ0) is 12.3. The van der Waals surface area contributed by atoms with E-state index in [2.05, 4.69) is 15.9 Å². The molecule has 0 fully saturated rings. The Morgan fingerprint density at radius 2 is 2.06 bits per heavy atom. The van der Waals surface area contributed by atoms with Crippen molar-refractivity contribution in [3.63, 3.8) is 0 Å². The number of rotatable bonds is 2. The molecule has 0 heterocycles. The SMILES string of the molecule is N#CC[C@@H](N)c1cc(C(F)(F)F)ccc1Br. The van der Waals surface area contributed by atoms with Gasteiger partial charge in [0.05, 0.1) is 18.1 Å². The lowest BCUT2D eigenvalue weighted by atomic mass is 10.0. The monoisotopic (exact) mass is 292 g/mol. The largest absolute Gasteiger partial charge is 0.416 e. The second kappa shape index (κ2) is 4.85. The molecule has 2 nitrogen and oxygen atoms in total. The number of benzene rings is 1. The van der Waals surface area contributed by atoms with E-state index >= 15 is 0 Å². The van der Waals surface area contributed by atoms with Crippen LogP contribution in [-0.2, 0) is 6.18 Å². The van der Waals surface area contributed by atoms with Gasteiger partial charge < -0.3 is 5.73 Å². The predicted molar refractivity (Wildman–Crippen MR) is 56.3 cm³/mol. The van der Waals surface area contributed by atoms with E-state index in [1.54, 1.807) is 0 Å². The molecule has 1 atom stereocenters. The molecule has 0 unspecified atom stereocenters. The lowest BCUT2D eigenvalue weighted by Crippen LogP contribution is -2.12. The van der Waals surface area contributed by atoms with Crippen molar-refractivity contribution in [1.29, 1.82) is 5.26 Å². The van der Waals surface area contributed by atoms with E-state index in [4.69, 9.17) is 11.0 Å². The molecule has 0 amide bonds. The van der Waals surface area contributed by atoms with Crippen molar-refractivity contribution in [2.45, 2.75) is 18.6 Å². The first-order valence-corrected chi connectivity index (χ1v) is 5.14. The van der Waals surface area contributed by atoms with Gasteiger partial charge in [0.25, 0.3) is 0 Å². The molecule has 0 aliphatic rings. The normalized spacial score (nSPS) is 13.2. The van der Waals surface area contributed by atoms with Gasteiger partial charge in [-0.15, -0.1) is 0 Å². The van der Waals surface area contributed by atoms with Crippen LogP contribution in [0.5, 0.6) is 0 Å². The number of hydrogen-bond acceptors (Lipinski definition) is 2. The van der Waals surface area contributed by atoms with Gasteiger partial charge in [0.2, 0.25) is 0 Å². The van der Waals surface area contributed by atoms with E-state index in [9.17, 15) is 13.2 Å². The first kappa shape index (κ1) is 13.0. The van der Waals surface area contributed by atoms with Gasteiger partial charge in [-0.2, -0.15) is 18.4 Å². The quantitative estimate of drug-likeness (QED) is 0.908. The Labute approximate surface area is 99.0 Å². The molecule has 0 bridgehead atoms. The van der Waals surface area contributed by atoms with Crippen LogP contribution in [0.25, 0.3) is 0 Å². The number of alkyl halides is 3. The van der Waals surface area contributed by atoms with Gasteiger partial charge in [-0.05, 0) is 23.8 Å². The van der Waals surface area contributed by atoms with Crippen molar-refractivity contribution >= 4 is 15.9 Å². The molecule has 0 aliphatic carbocycles. The van der Waals surface area contributed by atoms with E-state index < -0.39 is 17.8 Å². The minimum atomic E-state index is -4.40. The molecule has 1 rings (SSSR count). The zero-order valence-corrected chi connectivity index (χ0v) is 9.64. The van der Waals surface area contributed by atoms with Crippen molar-refractivity contribution in [3.8, 4) is 6.07 Å². The Bertz CT molecular complexity index is 423. The topological polar surface area (TPSA) is 49.8 Å². The highest BCUT2D eigenvalue weighted by atomic mass is 79.9. The third-order valence-electron chi connectivity index (χ3n) is 2.03. The first-order valence-electron chi connectivity index (χ1n) is 4.35. The van der Waals surface area contributed by atoms with E-state index in [0.29, 0.717) is 4.47 Å². The first-order chi connectivity index (χ1) is 7.36. The molecule has 86 valence electrons. The molecule has 0 aromatic heterocycles. The number of hydrogen-bond donors (Lipinski definition) is 1. The minimum absolute atomic E-state index is 0.0279. The summed E-state index contributed by atoms with van der Waals surface area (Å²) in [6.45, 7) is 0. The van der Waals surface area contributed by atoms with Gasteiger partial charge in [0, 0.05) is 10.5 Å². The molecule has 2 N–H and O–H groups in total. The van der Waals surface area contributed by atoms with Crippen LogP contribution in [0.2, 0.25) is 0 Å². The van der Waals surface area contributed by atoms with Gasteiger partial charge in [-0.25, -0.2) is 0 Å². The molecular weight excluding hydrogens is 285 g/mol. The molecule has 0 radical (unpaired) electrons. The van der Waals surface area contributed by atoms with Crippen LogP contribution >= 0.6 is 15.9 Å². The van der Waals surface area contributed by atoms with E-state index in [-0.39, 0.29) is 12.0 Å². The van der Waals surface area contributed by atoms with Crippen LogP contribution in [0.15, 0.2) is 22.7 Å². The highest BCUT2D eigenvalue weighted by Crippen LogP contribution is 2.33. The summed E-state index contributed by atoms with van der Waals surface area (Å²) >= 11 is 3.11. The van der Waals surface area contributed by atoms with Crippen molar-refractivity contribution in [2.24, 2.45) is 5.73 Å². The van der Waals surface area contributed by atoms with E-state index in [0.717, 1.165) is 12.1 Å². The molecular formula is C10H8BrF3N2. The molecule has 16 heavy (non-hydrogen) atoms. The maximum absolute atomic E-state index is 12.4. The van der Waals surface area contributed by atoms with Crippen molar-refractivity contribution in [1.82, 2.24) is 0 Å². The summed E-state index contributed by atoms with van der Waals surface area (Å²) in [6.07, 6.45) is -4.43. The highest BCUT2D eigenvalue weighted by Gasteiger charge is 2.31. The predicted octanol–water partition coefficient (Wildman–Crippen LogP) is 3.38. The zero-order valence-electron chi connectivity index (χ0n) is 8.05. The molecule has 1 aromatic rings. The van der Waals surface area contributed by atoms with Gasteiger partial charge in [-0.1, -0.05) is 15.9 Å². The summed E-state index contributed by atoms with van der Waals surface area (Å²) in [5.74, 6) is 0. The fraction of sp³-hybridized carbons (Fsp3) is 0.300. The van der Waals surface area contributed by atoms with Crippen LogP contribution in [0, 0.1) is 11.3 Å². The lowest BCUT2D eigenvalue weighted by Gasteiger charge is -2.14. The van der Waals surface area contributed by atoms with E-state index in [1.807, 2.05) is 6.07 Å². The smallest absolute Gasteiger partial charge is 0.323 e. The number of nitriles is 1. The van der Waals surface area contributed by atoms with Gasteiger partial charge >= 0.3 is 6.18 Å². The fourth-order valence-corrected chi connectivity index (χ4v) is 1.75. The van der Waals surface area contributed by atoms with Crippen LogP contribution in [0.1, 0.15) is 23.6 Å². The molecule has 0 saturated carbocycles. The molecule has 0 spiro atoms. The Balaban J connectivity index is 3.15. The number of nitrogens with zero attached hydrogens (tertiary/aromatic N) is 1. The molecule has 6 heteroatoms. The summed E-state index contributed by atoms with van der Waals surface area (Å²) in [4.78, 5) is 0. The number of halogens is 4. The van der Waals surface area contributed by atoms with Gasteiger partial charge in [0.15, 0.2) is 0 Å². The standard InChI is InChI=1S/C10H8BrF3N2/c11-8-2-1-6(10(12,13)14)5-7(8)9(16)3-4-15/h1-2,5,9H,3,16H2/t9-/m1/s1. The summed E-state index contributed by atoms with van der Waals surface area (Å²) < 4.78 is 37.8. The maximum Gasteiger partial charge on any atom is 0.416 e. The summed E-state index contributed by atoms with van der Waals surface area (Å²) in [7, 11) is 0. The summed E-state index contributed by atoms with van der Waals surface area (Å²) in [5, 5.41) is 8.45. The Hall–Kier alpha value is -1.06. The maximum atomic E-state index is 12.4. The van der Waals surface area contributed by atoms with E-state index in [1.165, 1.54) is 6.07 Å².